The average Bonchev–Trinajstić information content (AvgIpc) is 3.61. The molecule has 6 aromatic carbocycles. The zero-order valence-corrected chi connectivity index (χ0v) is 22.8. The molecule has 9 rings (SSSR count). The van der Waals surface area contributed by atoms with Gasteiger partial charge in [0.25, 0.3) is 5.69 Å². The minimum absolute atomic E-state index is 0.0857. The fourth-order valence-corrected chi connectivity index (χ4v) is 6.79. The van der Waals surface area contributed by atoms with Crippen LogP contribution in [0.1, 0.15) is 0 Å². The van der Waals surface area contributed by atoms with E-state index in [0.29, 0.717) is 5.56 Å². The molecule has 0 radical (unpaired) electrons. The molecule has 0 fully saturated rings. The quantitative estimate of drug-likeness (QED) is 0.124. The van der Waals surface area contributed by atoms with Gasteiger partial charge in [-0.3, -0.25) is 14.5 Å². The van der Waals surface area contributed by atoms with E-state index in [1.54, 1.807) is 12.1 Å². The predicted molar refractivity (Wildman–Crippen MR) is 174 cm³/mol. The van der Waals surface area contributed by atoms with Crippen LogP contribution in [0.4, 0.5) is 5.69 Å². The summed E-state index contributed by atoms with van der Waals surface area (Å²) in [5, 5.41) is 17.3. The molecule has 0 spiro atoms. The molecule has 6 nitrogen and oxygen atoms in total. The molecule has 0 N–H and O–H groups in total. The lowest BCUT2D eigenvalue weighted by molar-refractivity contribution is -0.384. The summed E-state index contributed by atoms with van der Waals surface area (Å²) in [6, 6.07) is 44.7. The van der Waals surface area contributed by atoms with Gasteiger partial charge in [-0.15, -0.1) is 0 Å². The first-order chi connectivity index (χ1) is 21.2. The van der Waals surface area contributed by atoms with Crippen LogP contribution in [0.3, 0.4) is 0 Å². The SMILES string of the molecule is O=[N+]([O-])c1ccccc1-c1ccc2c(c1)c1nc3ccccc3n1c1c2ccc2c1c1ccccc1n2-c1ccccc1. The number of benzene rings is 6. The first-order valence-corrected chi connectivity index (χ1v) is 14.2. The number of para-hydroxylation sites is 5. The Morgan fingerprint density at radius 2 is 1.33 bits per heavy atom. The van der Waals surface area contributed by atoms with E-state index in [9.17, 15) is 10.1 Å². The summed E-state index contributed by atoms with van der Waals surface area (Å²) in [6.45, 7) is 0. The summed E-state index contributed by atoms with van der Waals surface area (Å²) in [4.78, 5) is 16.7. The summed E-state index contributed by atoms with van der Waals surface area (Å²) in [7, 11) is 0. The van der Waals surface area contributed by atoms with Crippen molar-refractivity contribution in [1.29, 1.82) is 0 Å². The van der Waals surface area contributed by atoms with Gasteiger partial charge in [-0.25, -0.2) is 4.98 Å². The highest BCUT2D eigenvalue weighted by Gasteiger charge is 2.22. The molecule has 0 bridgehead atoms. The molecule has 3 aromatic heterocycles. The van der Waals surface area contributed by atoms with Crippen molar-refractivity contribution < 1.29 is 4.92 Å². The van der Waals surface area contributed by atoms with Gasteiger partial charge in [0.05, 0.1) is 38.1 Å². The lowest BCUT2D eigenvalue weighted by Crippen LogP contribution is -1.96. The number of nitrogens with zero attached hydrogens (tertiary/aromatic N) is 4. The molecule has 0 aliphatic rings. The number of hydrogen-bond donors (Lipinski definition) is 0. The minimum Gasteiger partial charge on any atom is -0.309 e. The lowest BCUT2D eigenvalue weighted by Gasteiger charge is -2.13. The van der Waals surface area contributed by atoms with Gasteiger partial charge >= 0.3 is 0 Å². The normalized spacial score (nSPS) is 11.9. The Morgan fingerprint density at radius 1 is 0.605 bits per heavy atom. The summed E-state index contributed by atoms with van der Waals surface area (Å²) >= 11 is 0. The largest absolute Gasteiger partial charge is 0.309 e. The highest BCUT2D eigenvalue weighted by Crippen LogP contribution is 2.42. The number of nitro benzene ring substituents is 1. The Balaban J connectivity index is 1.50. The van der Waals surface area contributed by atoms with Gasteiger partial charge in [0.2, 0.25) is 0 Å². The van der Waals surface area contributed by atoms with Gasteiger partial charge in [0.1, 0.15) is 5.65 Å². The topological polar surface area (TPSA) is 65.4 Å². The minimum atomic E-state index is -0.321. The van der Waals surface area contributed by atoms with E-state index in [1.165, 1.54) is 5.39 Å². The number of imidazole rings is 1. The van der Waals surface area contributed by atoms with Crippen LogP contribution >= 0.6 is 0 Å². The summed E-state index contributed by atoms with van der Waals surface area (Å²) in [5.41, 5.74) is 8.67. The van der Waals surface area contributed by atoms with Gasteiger partial charge in [-0.1, -0.05) is 78.9 Å². The van der Waals surface area contributed by atoms with Crippen LogP contribution in [0, 0.1) is 10.1 Å². The Morgan fingerprint density at radius 3 is 2.19 bits per heavy atom. The molecule has 0 aliphatic heterocycles. The van der Waals surface area contributed by atoms with Crippen LogP contribution < -0.4 is 0 Å². The molecular formula is C37H22N4O2. The van der Waals surface area contributed by atoms with Crippen LogP contribution in [-0.2, 0) is 0 Å². The van der Waals surface area contributed by atoms with Crippen LogP contribution in [0.15, 0.2) is 133 Å². The van der Waals surface area contributed by atoms with Gasteiger partial charge in [0.15, 0.2) is 0 Å². The third-order valence-corrected chi connectivity index (χ3v) is 8.57. The van der Waals surface area contributed by atoms with Gasteiger partial charge in [0, 0.05) is 33.3 Å². The third kappa shape index (κ3) is 3.26. The average molecular weight is 555 g/mol. The van der Waals surface area contributed by atoms with Gasteiger partial charge in [-0.05, 0) is 59.5 Å². The number of nitro groups is 1. The molecule has 0 unspecified atom stereocenters. The molecule has 0 atom stereocenters. The van der Waals surface area contributed by atoms with E-state index in [4.69, 9.17) is 4.98 Å². The van der Waals surface area contributed by atoms with Crippen LogP contribution in [0.2, 0.25) is 0 Å². The second-order valence-electron chi connectivity index (χ2n) is 10.8. The fourth-order valence-electron chi connectivity index (χ4n) is 6.79. The molecule has 43 heavy (non-hydrogen) atoms. The maximum Gasteiger partial charge on any atom is 0.277 e. The lowest BCUT2D eigenvalue weighted by atomic mass is 9.97. The van der Waals surface area contributed by atoms with Crippen molar-refractivity contribution >= 4 is 65.8 Å². The predicted octanol–water partition coefficient (Wildman–Crippen LogP) is 9.47. The summed E-state index contributed by atoms with van der Waals surface area (Å²) in [6.07, 6.45) is 0. The van der Waals surface area contributed by atoms with E-state index < -0.39 is 0 Å². The number of hydrogen-bond acceptors (Lipinski definition) is 3. The third-order valence-electron chi connectivity index (χ3n) is 8.57. The van der Waals surface area contributed by atoms with Crippen LogP contribution in [-0.4, -0.2) is 18.9 Å². The molecule has 0 amide bonds. The van der Waals surface area contributed by atoms with Crippen LogP contribution in [0.25, 0.3) is 77.0 Å². The Hall–Kier alpha value is -6.01. The number of fused-ring (bicyclic) bond motifs is 12. The number of pyridine rings is 1. The Labute approximate surface area is 244 Å². The molecule has 202 valence electrons. The van der Waals surface area contributed by atoms with Gasteiger partial charge < -0.3 is 4.57 Å². The highest BCUT2D eigenvalue weighted by atomic mass is 16.6. The summed E-state index contributed by atoms with van der Waals surface area (Å²) < 4.78 is 4.61. The zero-order chi connectivity index (χ0) is 28.7. The molecule has 0 saturated heterocycles. The molecule has 6 heteroatoms. The van der Waals surface area contributed by atoms with E-state index in [0.717, 1.165) is 66.0 Å². The van der Waals surface area contributed by atoms with Crippen molar-refractivity contribution in [2.24, 2.45) is 0 Å². The smallest absolute Gasteiger partial charge is 0.277 e. The van der Waals surface area contributed by atoms with Crippen LogP contribution in [0.5, 0.6) is 0 Å². The van der Waals surface area contributed by atoms with E-state index >= 15 is 0 Å². The first-order valence-electron chi connectivity index (χ1n) is 14.2. The maximum absolute atomic E-state index is 11.9. The van der Waals surface area contributed by atoms with E-state index in [1.807, 2.05) is 42.5 Å². The molecular weight excluding hydrogens is 532 g/mol. The molecule has 9 aromatic rings. The standard InChI is InChI=1S/C37H22N4O2/c42-41(43)32-16-8-4-12-25(32)23-18-19-26-27-20-21-34-35(28-13-5-7-15-31(28)39(34)24-10-2-1-3-11-24)36(27)40-33-17-9-6-14-30(33)38-37(40)29(26)22-23/h1-22H. The van der Waals surface area contributed by atoms with Crippen molar-refractivity contribution in [3.63, 3.8) is 0 Å². The second kappa shape index (κ2) is 8.74. The van der Waals surface area contributed by atoms with E-state index in [-0.39, 0.29) is 10.6 Å². The zero-order valence-electron chi connectivity index (χ0n) is 22.8. The van der Waals surface area contributed by atoms with E-state index in [2.05, 4.69) is 87.8 Å². The Bertz CT molecular complexity index is 2600. The van der Waals surface area contributed by atoms with Gasteiger partial charge in [-0.2, -0.15) is 0 Å². The number of rotatable bonds is 3. The monoisotopic (exact) mass is 554 g/mol. The molecule has 3 heterocycles. The fraction of sp³-hybridized carbons (Fsp3) is 0. The van der Waals surface area contributed by atoms with Crippen molar-refractivity contribution in [1.82, 2.24) is 14.0 Å². The molecule has 0 saturated carbocycles. The van der Waals surface area contributed by atoms with Crippen molar-refractivity contribution in [3.05, 3.63) is 144 Å². The second-order valence-corrected chi connectivity index (χ2v) is 10.8. The number of aromatic nitrogens is 3. The van der Waals surface area contributed by atoms with Crippen molar-refractivity contribution in [2.75, 3.05) is 0 Å². The molecule has 0 aliphatic carbocycles. The maximum atomic E-state index is 11.9. The summed E-state index contributed by atoms with van der Waals surface area (Å²) in [5.74, 6) is 0. The Kier molecular flexibility index (Phi) is 4.81. The van der Waals surface area contributed by atoms with Crippen molar-refractivity contribution in [2.45, 2.75) is 0 Å². The first kappa shape index (κ1) is 23.7. The van der Waals surface area contributed by atoms with Crippen molar-refractivity contribution in [3.8, 4) is 16.8 Å². The highest BCUT2D eigenvalue weighted by molar-refractivity contribution is 6.27.